The molecule has 1 unspecified atom stereocenters. The van der Waals surface area contributed by atoms with E-state index in [0.717, 1.165) is 48.3 Å². The number of fused-ring (bicyclic) bond motifs is 1. The summed E-state index contributed by atoms with van der Waals surface area (Å²) in [6.45, 7) is 4.01. The molecule has 0 bridgehead atoms. The number of nitrogens with zero attached hydrogens (tertiary/aromatic N) is 5. The van der Waals surface area contributed by atoms with Gasteiger partial charge in [-0.15, -0.1) is 0 Å². The van der Waals surface area contributed by atoms with Gasteiger partial charge in [0.1, 0.15) is 23.9 Å². The maximum atomic E-state index is 5.50. The fourth-order valence-corrected chi connectivity index (χ4v) is 3.55. The Morgan fingerprint density at radius 1 is 1.29 bits per heavy atom. The normalized spacial score (nSPS) is 18.1. The largest absolute Gasteiger partial charge is 0.494 e. The molecule has 24 heavy (non-hydrogen) atoms. The average molecular weight is 323 g/mol. The van der Waals surface area contributed by atoms with Crippen molar-refractivity contribution in [2.24, 2.45) is 0 Å². The lowest BCUT2D eigenvalue weighted by molar-refractivity contribution is 0.375. The molecule has 1 saturated heterocycles. The molecule has 0 N–H and O–H groups in total. The van der Waals surface area contributed by atoms with Crippen molar-refractivity contribution in [1.82, 2.24) is 19.7 Å². The van der Waals surface area contributed by atoms with Crippen LogP contribution in [0, 0.1) is 6.92 Å². The number of anilines is 1. The molecule has 0 saturated carbocycles. The zero-order valence-corrected chi connectivity index (χ0v) is 14.0. The van der Waals surface area contributed by atoms with Crippen molar-refractivity contribution in [1.29, 1.82) is 0 Å². The van der Waals surface area contributed by atoms with Crippen LogP contribution < -0.4 is 9.64 Å². The zero-order valence-electron chi connectivity index (χ0n) is 14.0. The minimum atomic E-state index is 0.357. The van der Waals surface area contributed by atoms with Crippen LogP contribution in [0.4, 0.5) is 5.69 Å². The van der Waals surface area contributed by atoms with Crippen molar-refractivity contribution >= 4 is 16.6 Å². The van der Waals surface area contributed by atoms with Crippen molar-refractivity contribution < 1.29 is 4.74 Å². The third-order valence-corrected chi connectivity index (χ3v) is 4.68. The van der Waals surface area contributed by atoms with Crippen LogP contribution in [-0.4, -0.2) is 39.9 Å². The molecule has 1 aromatic carbocycles. The van der Waals surface area contributed by atoms with E-state index in [9.17, 15) is 0 Å². The highest BCUT2D eigenvalue weighted by atomic mass is 16.5. The molecule has 4 rings (SSSR count). The standard InChI is InChI=1S/C18H21N5O/c1-13-9-16(15-6-3-7-17(24-2)18(15)21-13)22-8-4-5-14(10-22)23-12-19-11-20-23/h3,6-7,9,11-12,14H,4-5,8,10H2,1-2H3. The van der Waals surface area contributed by atoms with Gasteiger partial charge in [-0.3, -0.25) is 0 Å². The number of pyridine rings is 1. The van der Waals surface area contributed by atoms with Crippen LogP contribution in [0.15, 0.2) is 36.9 Å². The number of aryl methyl sites for hydroxylation is 1. The van der Waals surface area contributed by atoms with Gasteiger partial charge in [-0.2, -0.15) is 5.10 Å². The highest BCUT2D eigenvalue weighted by Gasteiger charge is 2.24. The molecule has 0 radical (unpaired) electrons. The van der Waals surface area contributed by atoms with Crippen LogP contribution in [0.25, 0.3) is 10.9 Å². The van der Waals surface area contributed by atoms with Gasteiger partial charge in [-0.1, -0.05) is 12.1 Å². The lowest BCUT2D eigenvalue weighted by Crippen LogP contribution is -2.37. The Balaban J connectivity index is 1.75. The van der Waals surface area contributed by atoms with E-state index in [0.29, 0.717) is 6.04 Å². The summed E-state index contributed by atoms with van der Waals surface area (Å²) >= 11 is 0. The molecule has 0 aliphatic carbocycles. The summed E-state index contributed by atoms with van der Waals surface area (Å²) in [6, 6.07) is 8.65. The van der Waals surface area contributed by atoms with E-state index in [-0.39, 0.29) is 0 Å². The van der Waals surface area contributed by atoms with Gasteiger partial charge in [-0.25, -0.2) is 14.6 Å². The molecule has 1 fully saturated rings. The Morgan fingerprint density at radius 3 is 3.00 bits per heavy atom. The minimum absolute atomic E-state index is 0.357. The first-order valence-corrected chi connectivity index (χ1v) is 8.29. The first kappa shape index (κ1) is 14.9. The monoisotopic (exact) mass is 323 g/mol. The molecular formula is C18H21N5O. The number of aromatic nitrogens is 4. The number of benzene rings is 1. The lowest BCUT2D eigenvalue weighted by atomic mass is 10.0. The summed E-state index contributed by atoms with van der Waals surface area (Å²) in [6.07, 6.45) is 5.69. The second-order valence-electron chi connectivity index (χ2n) is 6.26. The molecule has 1 aliphatic heterocycles. The SMILES string of the molecule is COc1cccc2c(N3CCCC(n4cncn4)C3)cc(C)nc12. The molecule has 3 heterocycles. The van der Waals surface area contributed by atoms with Gasteiger partial charge < -0.3 is 9.64 Å². The molecule has 2 aromatic heterocycles. The maximum Gasteiger partial charge on any atom is 0.145 e. The number of hydrogen-bond donors (Lipinski definition) is 0. The van der Waals surface area contributed by atoms with Gasteiger partial charge >= 0.3 is 0 Å². The summed E-state index contributed by atoms with van der Waals surface area (Å²) in [4.78, 5) is 11.2. The zero-order chi connectivity index (χ0) is 16.5. The first-order chi connectivity index (χ1) is 11.8. The van der Waals surface area contributed by atoms with E-state index in [4.69, 9.17) is 9.72 Å². The lowest BCUT2D eigenvalue weighted by Gasteiger charge is -2.35. The average Bonchev–Trinajstić information content (AvgIpc) is 3.15. The number of hydrogen-bond acceptors (Lipinski definition) is 5. The van der Waals surface area contributed by atoms with E-state index >= 15 is 0 Å². The number of methoxy groups -OCH3 is 1. The molecule has 3 aromatic rings. The van der Waals surface area contributed by atoms with E-state index in [1.54, 1.807) is 13.4 Å². The van der Waals surface area contributed by atoms with Gasteiger partial charge in [0.05, 0.1) is 13.2 Å². The Bertz CT molecular complexity index is 846. The van der Waals surface area contributed by atoms with Crippen molar-refractivity contribution in [3.05, 3.63) is 42.6 Å². The third kappa shape index (κ3) is 2.58. The number of para-hydroxylation sites is 1. The highest BCUT2D eigenvalue weighted by Crippen LogP contribution is 2.34. The van der Waals surface area contributed by atoms with Crippen LogP contribution in [0.1, 0.15) is 24.6 Å². The predicted octanol–water partition coefficient (Wildman–Crippen LogP) is 2.98. The van der Waals surface area contributed by atoms with Crippen LogP contribution in [-0.2, 0) is 0 Å². The van der Waals surface area contributed by atoms with Gasteiger partial charge in [0.15, 0.2) is 0 Å². The summed E-state index contributed by atoms with van der Waals surface area (Å²) in [5, 5.41) is 5.46. The third-order valence-electron chi connectivity index (χ3n) is 4.68. The summed E-state index contributed by atoms with van der Waals surface area (Å²) in [5.74, 6) is 0.822. The second-order valence-corrected chi connectivity index (χ2v) is 6.26. The van der Waals surface area contributed by atoms with E-state index < -0.39 is 0 Å². The Hall–Kier alpha value is -2.63. The van der Waals surface area contributed by atoms with E-state index in [2.05, 4.69) is 27.1 Å². The van der Waals surface area contributed by atoms with Crippen LogP contribution in [0.5, 0.6) is 5.75 Å². The molecule has 124 valence electrons. The van der Waals surface area contributed by atoms with Crippen molar-refractivity contribution in [2.45, 2.75) is 25.8 Å². The maximum absolute atomic E-state index is 5.50. The summed E-state index contributed by atoms with van der Waals surface area (Å²) in [5.41, 5.74) is 3.16. The predicted molar refractivity (Wildman–Crippen MR) is 93.5 cm³/mol. The second kappa shape index (κ2) is 6.11. The smallest absolute Gasteiger partial charge is 0.145 e. The molecule has 1 aliphatic rings. The summed E-state index contributed by atoms with van der Waals surface area (Å²) < 4.78 is 7.48. The van der Waals surface area contributed by atoms with Crippen LogP contribution in [0.2, 0.25) is 0 Å². The number of ether oxygens (including phenoxy) is 1. The van der Waals surface area contributed by atoms with Crippen molar-refractivity contribution in [3.63, 3.8) is 0 Å². The van der Waals surface area contributed by atoms with E-state index in [1.807, 2.05) is 30.1 Å². The van der Waals surface area contributed by atoms with Gasteiger partial charge in [0.25, 0.3) is 0 Å². The number of piperidine rings is 1. The van der Waals surface area contributed by atoms with Crippen LogP contribution in [0.3, 0.4) is 0 Å². The fourth-order valence-electron chi connectivity index (χ4n) is 3.55. The van der Waals surface area contributed by atoms with Crippen LogP contribution >= 0.6 is 0 Å². The minimum Gasteiger partial charge on any atom is -0.494 e. The highest BCUT2D eigenvalue weighted by molar-refractivity contribution is 5.95. The Kier molecular flexibility index (Phi) is 3.80. The fraction of sp³-hybridized carbons (Fsp3) is 0.389. The Morgan fingerprint density at radius 2 is 2.21 bits per heavy atom. The Labute approximate surface area is 141 Å². The molecule has 0 amide bonds. The first-order valence-electron chi connectivity index (χ1n) is 8.29. The van der Waals surface area contributed by atoms with Gasteiger partial charge in [-0.05, 0) is 31.9 Å². The summed E-state index contributed by atoms with van der Waals surface area (Å²) in [7, 11) is 1.69. The molecule has 6 heteroatoms. The van der Waals surface area contributed by atoms with Gasteiger partial charge in [0, 0.05) is 29.9 Å². The topological polar surface area (TPSA) is 56.1 Å². The molecule has 1 atom stereocenters. The van der Waals surface area contributed by atoms with Gasteiger partial charge in [0.2, 0.25) is 0 Å². The molecular weight excluding hydrogens is 302 g/mol. The molecule has 6 nitrogen and oxygen atoms in total. The van der Waals surface area contributed by atoms with Crippen molar-refractivity contribution in [3.8, 4) is 5.75 Å². The van der Waals surface area contributed by atoms with Crippen molar-refractivity contribution in [2.75, 3.05) is 25.1 Å². The van der Waals surface area contributed by atoms with E-state index in [1.165, 1.54) is 5.69 Å². The quantitative estimate of drug-likeness (QED) is 0.741. The number of rotatable bonds is 3. The molecule has 0 spiro atoms.